The number of carboxylic acid groups (broad SMARTS) is 1. The number of carbonyl (C=O) groups is 1. The van der Waals surface area contributed by atoms with Gasteiger partial charge in [0.25, 0.3) is 0 Å². The van der Waals surface area contributed by atoms with Gasteiger partial charge in [0.05, 0.1) is 0 Å². The zero-order chi connectivity index (χ0) is 13.3. The molecule has 18 heavy (non-hydrogen) atoms. The van der Waals surface area contributed by atoms with Crippen molar-refractivity contribution < 1.29 is 14.3 Å². The summed E-state index contributed by atoms with van der Waals surface area (Å²) in [5, 5.41) is 12.3. The first-order valence-corrected chi connectivity index (χ1v) is 6.03. The Morgan fingerprint density at radius 3 is 2.78 bits per heavy atom. The Morgan fingerprint density at radius 2 is 2.17 bits per heavy atom. The van der Waals surface area contributed by atoms with Gasteiger partial charge >= 0.3 is 5.97 Å². The number of nitrogens with one attached hydrogen (secondary N) is 1. The molecule has 0 aliphatic heterocycles. The van der Waals surface area contributed by atoms with Crippen LogP contribution < -0.4 is 5.32 Å². The third-order valence-corrected chi connectivity index (χ3v) is 3.39. The number of thiazole rings is 1. The molecule has 2 N–H and O–H groups in total. The Kier molecular flexibility index (Phi) is 3.29. The molecule has 4 nitrogen and oxygen atoms in total. The molecule has 2 rings (SSSR count). The fourth-order valence-electron chi connectivity index (χ4n) is 1.51. The minimum atomic E-state index is -1.06. The van der Waals surface area contributed by atoms with Crippen LogP contribution in [-0.2, 0) is 0 Å². The number of hydrogen-bond acceptors (Lipinski definition) is 4. The number of carboxylic acids is 1. The molecule has 0 saturated carbocycles. The van der Waals surface area contributed by atoms with Crippen LogP contribution in [0.3, 0.4) is 0 Å². The average Bonchev–Trinajstić information content (AvgIpc) is 2.66. The first-order valence-electron chi connectivity index (χ1n) is 5.22. The summed E-state index contributed by atoms with van der Waals surface area (Å²) in [6.07, 6.45) is 0. The van der Waals surface area contributed by atoms with E-state index in [-0.39, 0.29) is 11.5 Å². The van der Waals surface area contributed by atoms with E-state index in [0.29, 0.717) is 21.3 Å². The molecule has 0 aliphatic rings. The maximum Gasteiger partial charge on any atom is 0.355 e. The Hall–Kier alpha value is -1.95. The highest BCUT2D eigenvalue weighted by molar-refractivity contribution is 7.15. The van der Waals surface area contributed by atoms with Crippen LogP contribution in [0.25, 0.3) is 0 Å². The fraction of sp³-hybridized carbons (Fsp3) is 0.167. The topological polar surface area (TPSA) is 62.2 Å². The zero-order valence-corrected chi connectivity index (χ0v) is 10.6. The van der Waals surface area contributed by atoms with Gasteiger partial charge in [-0.3, -0.25) is 0 Å². The van der Waals surface area contributed by atoms with Gasteiger partial charge in [0.1, 0.15) is 5.82 Å². The number of aryl methyl sites for hydroxylation is 1. The highest BCUT2D eigenvalue weighted by atomic mass is 32.1. The highest BCUT2D eigenvalue weighted by Gasteiger charge is 2.14. The molecular formula is C12H11FN2O2S. The molecule has 0 fully saturated rings. The third-order valence-electron chi connectivity index (χ3n) is 2.51. The van der Waals surface area contributed by atoms with Crippen molar-refractivity contribution in [3.63, 3.8) is 0 Å². The molecule has 94 valence electrons. The van der Waals surface area contributed by atoms with Crippen LogP contribution in [0.2, 0.25) is 0 Å². The van der Waals surface area contributed by atoms with Crippen molar-refractivity contribution in [1.82, 2.24) is 4.98 Å². The standard InChI is InChI=1S/C12H11FN2O2S/c1-6-8(13)4-3-5-9(6)14-12-15-10(11(16)17)7(2)18-12/h3-5H,1-2H3,(H,14,15)(H,16,17). The average molecular weight is 266 g/mol. The lowest BCUT2D eigenvalue weighted by atomic mass is 10.2. The summed E-state index contributed by atoms with van der Waals surface area (Å²) in [5.41, 5.74) is 1.08. The summed E-state index contributed by atoms with van der Waals surface area (Å²) in [6.45, 7) is 3.33. The Balaban J connectivity index is 2.32. The van der Waals surface area contributed by atoms with Crippen molar-refractivity contribution in [1.29, 1.82) is 0 Å². The van der Waals surface area contributed by atoms with E-state index in [1.54, 1.807) is 26.0 Å². The smallest absolute Gasteiger partial charge is 0.355 e. The SMILES string of the molecule is Cc1sc(Nc2cccc(F)c2C)nc1C(=O)O. The van der Waals surface area contributed by atoms with Crippen molar-refractivity contribution in [3.8, 4) is 0 Å². The quantitative estimate of drug-likeness (QED) is 0.894. The van der Waals surface area contributed by atoms with Gasteiger partial charge in [-0.05, 0) is 26.0 Å². The maximum atomic E-state index is 13.3. The normalized spacial score (nSPS) is 10.4. The van der Waals surface area contributed by atoms with E-state index in [1.165, 1.54) is 17.4 Å². The number of benzene rings is 1. The molecule has 0 amide bonds. The van der Waals surface area contributed by atoms with Crippen molar-refractivity contribution in [2.75, 3.05) is 5.32 Å². The van der Waals surface area contributed by atoms with E-state index in [9.17, 15) is 9.18 Å². The molecule has 1 aromatic heterocycles. The maximum absolute atomic E-state index is 13.3. The van der Waals surface area contributed by atoms with E-state index in [0.717, 1.165) is 0 Å². The van der Waals surface area contributed by atoms with E-state index >= 15 is 0 Å². The molecule has 0 unspecified atom stereocenters. The number of hydrogen-bond donors (Lipinski definition) is 2. The van der Waals surface area contributed by atoms with Crippen LogP contribution in [0.1, 0.15) is 20.9 Å². The van der Waals surface area contributed by atoms with Crippen molar-refractivity contribution in [2.24, 2.45) is 0 Å². The van der Waals surface area contributed by atoms with Gasteiger partial charge in [-0.2, -0.15) is 0 Å². The summed E-state index contributed by atoms with van der Waals surface area (Å²) in [7, 11) is 0. The third kappa shape index (κ3) is 2.33. The first-order chi connectivity index (χ1) is 8.49. The van der Waals surface area contributed by atoms with E-state index < -0.39 is 5.97 Å². The Labute approximate surface area is 107 Å². The second-order valence-corrected chi connectivity index (χ2v) is 4.97. The lowest BCUT2D eigenvalue weighted by molar-refractivity contribution is 0.0690. The molecule has 0 atom stereocenters. The summed E-state index contributed by atoms with van der Waals surface area (Å²) in [4.78, 5) is 15.4. The van der Waals surface area contributed by atoms with Crippen LogP contribution in [0.5, 0.6) is 0 Å². The van der Waals surface area contributed by atoms with Gasteiger partial charge in [0.2, 0.25) is 0 Å². The fourth-order valence-corrected chi connectivity index (χ4v) is 2.32. The van der Waals surface area contributed by atoms with Crippen molar-refractivity contribution in [2.45, 2.75) is 13.8 Å². The largest absolute Gasteiger partial charge is 0.476 e. The predicted molar refractivity (Wildman–Crippen MR) is 68.2 cm³/mol. The summed E-state index contributed by atoms with van der Waals surface area (Å²) in [6, 6.07) is 4.68. The Morgan fingerprint density at radius 1 is 1.44 bits per heavy atom. The van der Waals surface area contributed by atoms with Crippen LogP contribution in [0, 0.1) is 19.7 Å². The minimum absolute atomic E-state index is 0.0246. The molecule has 2 aromatic rings. The number of anilines is 2. The van der Waals surface area contributed by atoms with Crippen LogP contribution in [-0.4, -0.2) is 16.1 Å². The second kappa shape index (κ2) is 4.73. The van der Waals surface area contributed by atoms with E-state index in [1.807, 2.05) is 0 Å². The van der Waals surface area contributed by atoms with Crippen molar-refractivity contribution in [3.05, 3.63) is 40.2 Å². The minimum Gasteiger partial charge on any atom is -0.476 e. The highest BCUT2D eigenvalue weighted by Crippen LogP contribution is 2.27. The van der Waals surface area contributed by atoms with Crippen LogP contribution in [0.4, 0.5) is 15.2 Å². The summed E-state index contributed by atoms with van der Waals surface area (Å²) in [5.74, 6) is -1.38. The van der Waals surface area contributed by atoms with Gasteiger partial charge in [0.15, 0.2) is 10.8 Å². The molecular weight excluding hydrogens is 255 g/mol. The lowest BCUT2D eigenvalue weighted by Gasteiger charge is -2.06. The van der Waals surface area contributed by atoms with E-state index in [2.05, 4.69) is 10.3 Å². The molecule has 0 aliphatic carbocycles. The lowest BCUT2D eigenvalue weighted by Crippen LogP contribution is -1.99. The monoisotopic (exact) mass is 266 g/mol. The summed E-state index contributed by atoms with van der Waals surface area (Å²) >= 11 is 1.23. The first kappa shape index (κ1) is 12.5. The summed E-state index contributed by atoms with van der Waals surface area (Å²) < 4.78 is 13.3. The molecule has 0 saturated heterocycles. The number of aromatic carboxylic acids is 1. The number of nitrogens with zero attached hydrogens (tertiary/aromatic N) is 1. The number of rotatable bonds is 3. The van der Waals surface area contributed by atoms with Gasteiger partial charge in [-0.15, -0.1) is 11.3 Å². The van der Waals surface area contributed by atoms with Gasteiger partial charge in [0, 0.05) is 16.1 Å². The Bertz CT molecular complexity index is 610. The van der Waals surface area contributed by atoms with Crippen molar-refractivity contribution >= 4 is 28.1 Å². The molecule has 1 heterocycles. The van der Waals surface area contributed by atoms with Crippen LogP contribution >= 0.6 is 11.3 Å². The molecule has 1 aromatic carbocycles. The molecule has 0 radical (unpaired) electrons. The van der Waals surface area contributed by atoms with Gasteiger partial charge in [-0.1, -0.05) is 6.07 Å². The second-order valence-electron chi connectivity index (χ2n) is 3.77. The van der Waals surface area contributed by atoms with E-state index in [4.69, 9.17) is 5.11 Å². The van der Waals surface area contributed by atoms with Crippen LogP contribution in [0.15, 0.2) is 18.2 Å². The molecule has 0 bridgehead atoms. The molecule has 0 spiro atoms. The zero-order valence-electron chi connectivity index (χ0n) is 9.82. The number of halogens is 1. The predicted octanol–water partition coefficient (Wildman–Crippen LogP) is 3.34. The van der Waals surface area contributed by atoms with Gasteiger partial charge in [-0.25, -0.2) is 14.2 Å². The van der Waals surface area contributed by atoms with Gasteiger partial charge < -0.3 is 10.4 Å². The number of aromatic nitrogens is 1. The molecule has 6 heteroatoms.